The Hall–Kier alpha value is -3.41. The maximum Gasteiger partial charge on any atom is 0.268 e. The van der Waals surface area contributed by atoms with Crippen LogP contribution in [0.5, 0.6) is 0 Å². The molecule has 30 heavy (non-hydrogen) atoms. The first-order valence-corrected chi connectivity index (χ1v) is 10.3. The summed E-state index contributed by atoms with van der Waals surface area (Å²) in [6.45, 7) is 6.73. The smallest absolute Gasteiger partial charge is 0.268 e. The van der Waals surface area contributed by atoms with Crippen molar-refractivity contribution in [1.29, 1.82) is 0 Å². The minimum atomic E-state index is -0.167. The number of aromatic nitrogens is 1. The van der Waals surface area contributed by atoms with Crippen molar-refractivity contribution in [3.63, 3.8) is 0 Å². The lowest BCUT2D eigenvalue weighted by Crippen LogP contribution is -2.38. The minimum Gasteiger partial charge on any atom is -0.350 e. The van der Waals surface area contributed by atoms with E-state index in [1.165, 1.54) is 5.01 Å². The van der Waals surface area contributed by atoms with Gasteiger partial charge in [-0.25, -0.2) is 5.01 Å². The molecule has 2 heterocycles. The lowest BCUT2D eigenvalue weighted by Gasteiger charge is -2.23. The maximum absolute atomic E-state index is 12.8. The highest BCUT2D eigenvalue weighted by Gasteiger charge is 2.22. The van der Waals surface area contributed by atoms with E-state index in [1.54, 1.807) is 0 Å². The standard InChI is InChI=1S/C24H26N4O2/c1-15-9-10-16(2)22-21(15)17(3)23(26-22)24(30)25-13-14-28-20(29)12-11-19(27-28)18-7-5-4-6-8-18/h4-10,26H,11-14H2,1-3H3,(H,25,30). The van der Waals surface area contributed by atoms with E-state index in [0.717, 1.165) is 38.9 Å². The second kappa shape index (κ2) is 8.14. The second-order valence-corrected chi connectivity index (χ2v) is 7.76. The van der Waals surface area contributed by atoms with Gasteiger partial charge in [0, 0.05) is 30.3 Å². The quantitative estimate of drug-likeness (QED) is 0.680. The van der Waals surface area contributed by atoms with Crippen LogP contribution in [0.2, 0.25) is 0 Å². The first-order valence-electron chi connectivity index (χ1n) is 10.3. The highest BCUT2D eigenvalue weighted by Crippen LogP contribution is 2.27. The maximum atomic E-state index is 12.8. The Labute approximate surface area is 176 Å². The van der Waals surface area contributed by atoms with E-state index in [4.69, 9.17) is 0 Å². The van der Waals surface area contributed by atoms with Crippen LogP contribution in [0.1, 0.15) is 45.6 Å². The summed E-state index contributed by atoms with van der Waals surface area (Å²) in [5.41, 5.74) is 6.70. The molecular weight excluding hydrogens is 376 g/mol. The summed E-state index contributed by atoms with van der Waals surface area (Å²) in [5, 5.41) is 10.0. The zero-order valence-electron chi connectivity index (χ0n) is 17.6. The van der Waals surface area contributed by atoms with Crippen molar-refractivity contribution in [3.8, 4) is 0 Å². The van der Waals surface area contributed by atoms with Gasteiger partial charge in [0.15, 0.2) is 0 Å². The lowest BCUT2D eigenvalue weighted by molar-refractivity contribution is -0.131. The summed E-state index contributed by atoms with van der Waals surface area (Å²) < 4.78 is 0. The van der Waals surface area contributed by atoms with Gasteiger partial charge in [0.25, 0.3) is 5.91 Å². The number of amides is 2. The van der Waals surface area contributed by atoms with Crippen LogP contribution in [0.15, 0.2) is 47.6 Å². The van der Waals surface area contributed by atoms with Crippen molar-refractivity contribution in [2.75, 3.05) is 13.1 Å². The number of rotatable bonds is 5. The topological polar surface area (TPSA) is 77.6 Å². The molecule has 1 aliphatic rings. The Bertz CT molecular complexity index is 1140. The van der Waals surface area contributed by atoms with Gasteiger partial charge in [-0.2, -0.15) is 5.10 Å². The number of aromatic amines is 1. The molecule has 6 nitrogen and oxygen atoms in total. The Morgan fingerprint density at radius 3 is 2.53 bits per heavy atom. The molecule has 0 atom stereocenters. The second-order valence-electron chi connectivity index (χ2n) is 7.76. The third-order valence-corrected chi connectivity index (χ3v) is 5.67. The molecule has 4 rings (SSSR count). The largest absolute Gasteiger partial charge is 0.350 e. The predicted molar refractivity (Wildman–Crippen MR) is 119 cm³/mol. The van der Waals surface area contributed by atoms with Gasteiger partial charge in [-0.05, 0) is 43.0 Å². The van der Waals surface area contributed by atoms with Gasteiger partial charge in [0.2, 0.25) is 5.91 Å². The normalized spacial score (nSPS) is 14.2. The molecule has 2 amide bonds. The summed E-state index contributed by atoms with van der Waals surface area (Å²) in [4.78, 5) is 28.3. The van der Waals surface area contributed by atoms with Crippen LogP contribution < -0.4 is 5.32 Å². The van der Waals surface area contributed by atoms with Crippen LogP contribution in [0.3, 0.4) is 0 Å². The number of hydrogen-bond donors (Lipinski definition) is 2. The highest BCUT2D eigenvalue weighted by atomic mass is 16.2. The Balaban J connectivity index is 1.45. The Morgan fingerprint density at radius 1 is 1.07 bits per heavy atom. The number of carbonyl (C=O) groups is 2. The van der Waals surface area contributed by atoms with E-state index in [0.29, 0.717) is 31.6 Å². The van der Waals surface area contributed by atoms with Gasteiger partial charge in [0.05, 0.1) is 12.3 Å². The monoisotopic (exact) mass is 402 g/mol. The molecular formula is C24H26N4O2. The SMILES string of the molecule is Cc1ccc(C)c2c(C)c(C(=O)NCCN3N=C(c4ccccc4)CCC3=O)[nH]c12. The molecule has 0 fully saturated rings. The van der Waals surface area contributed by atoms with Crippen LogP contribution in [0.25, 0.3) is 10.9 Å². The highest BCUT2D eigenvalue weighted by molar-refractivity contribution is 6.04. The molecule has 0 bridgehead atoms. The van der Waals surface area contributed by atoms with E-state index in [-0.39, 0.29) is 11.8 Å². The number of aryl methyl sites for hydroxylation is 3. The number of fused-ring (bicyclic) bond motifs is 1. The first kappa shape index (κ1) is 19.9. The van der Waals surface area contributed by atoms with Gasteiger partial charge in [-0.15, -0.1) is 0 Å². The lowest BCUT2D eigenvalue weighted by atomic mass is 10.0. The summed E-state index contributed by atoms with van der Waals surface area (Å²) >= 11 is 0. The van der Waals surface area contributed by atoms with Crippen LogP contribution in [-0.2, 0) is 4.79 Å². The molecule has 154 valence electrons. The number of benzene rings is 2. The molecule has 0 radical (unpaired) electrons. The van der Waals surface area contributed by atoms with E-state index in [2.05, 4.69) is 34.5 Å². The number of hydrogen-bond acceptors (Lipinski definition) is 3. The van der Waals surface area contributed by atoms with Crippen LogP contribution >= 0.6 is 0 Å². The van der Waals surface area contributed by atoms with E-state index in [9.17, 15) is 9.59 Å². The van der Waals surface area contributed by atoms with Gasteiger partial charge in [-0.3, -0.25) is 9.59 Å². The summed E-state index contributed by atoms with van der Waals surface area (Å²) in [6.07, 6.45) is 1.07. The molecule has 6 heteroatoms. The molecule has 2 N–H and O–H groups in total. The Kier molecular flexibility index (Phi) is 5.40. The van der Waals surface area contributed by atoms with Crippen molar-refractivity contribution < 1.29 is 9.59 Å². The number of carbonyl (C=O) groups excluding carboxylic acids is 2. The van der Waals surface area contributed by atoms with Crippen molar-refractivity contribution in [2.24, 2.45) is 5.10 Å². The van der Waals surface area contributed by atoms with E-state index in [1.807, 2.05) is 44.2 Å². The fourth-order valence-electron chi connectivity index (χ4n) is 4.00. The molecule has 1 aromatic heterocycles. The molecule has 1 aliphatic heterocycles. The predicted octanol–water partition coefficient (Wildman–Crippen LogP) is 3.85. The summed E-state index contributed by atoms with van der Waals surface area (Å²) in [5.74, 6) is -0.184. The van der Waals surface area contributed by atoms with Crippen LogP contribution in [0, 0.1) is 20.8 Å². The zero-order valence-corrected chi connectivity index (χ0v) is 17.6. The third kappa shape index (κ3) is 3.73. The first-order chi connectivity index (χ1) is 14.5. The molecule has 0 spiro atoms. The van der Waals surface area contributed by atoms with E-state index >= 15 is 0 Å². The van der Waals surface area contributed by atoms with Crippen molar-refractivity contribution in [3.05, 3.63) is 70.4 Å². The minimum absolute atomic E-state index is 0.0167. The fourth-order valence-corrected chi connectivity index (χ4v) is 4.00. The Morgan fingerprint density at radius 2 is 1.80 bits per heavy atom. The van der Waals surface area contributed by atoms with Crippen molar-refractivity contribution in [1.82, 2.24) is 15.3 Å². The third-order valence-electron chi connectivity index (χ3n) is 5.67. The van der Waals surface area contributed by atoms with E-state index < -0.39 is 0 Å². The molecule has 0 aliphatic carbocycles. The van der Waals surface area contributed by atoms with Gasteiger partial charge in [-0.1, -0.05) is 42.5 Å². The average Bonchev–Trinajstić information content (AvgIpc) is 3.11. The number of hydrazone groups is 1. The van der Waals surface area contributed by atoms with Crippen molar-refractivity contribution >= 4 is 28.4 Å². The molecule has 0 unspecified atom stereocenters. The van der Waals surface area contributed by atoms with Gasteiger partial charge < -0.3 is 10.3 Å². The summed E-state index contributed by atoms with van der Waals surface area (Å²) in [7, 11) is 0. The zero-order chi connectivity index (χ0) is 21.3. The van der Waals surface area contributed by atoms with Crippen LogP contribution in [0.4, 0.5) is 0 Å². The number of H-pyrrole nitrogens is 1. The van der Waals surface area contributed by atoms with Crippen LogP contribution in [-0.4, -0.2) is 40.6 Å². The molecule has 2 aromatic carbocycles. The number of nitrogens with one attached hydrogen (secondary N) is 2. The van der Waals surface area contributed by atoms with Crippen molar-refractivity contribution in [2.45, 2.75) is 33.6 Å². The fraction of sp³-hybridized carbons (Fsp3) is 0.292. The van der Waals surface area contributed by atoms with Gasteiger partial charge >= 0.3 is 0 Å². The molecule has 3 aromatic rings. The average molecular weight is 402 g/mol. The molecule has 0 saturated carbocycles. The number of nitrogens with zero attached hydrogens (tertiary/aromatic N) is 2. The van der Waals surface area contributed by atoms with Gasteiger partial charge in [0.1, 0.15) is 5.69 Å². The summed E-state index contributed by atoms with van der Waals surface area (Å²) in [6, 6.07) is 14.0. The molecule has 0 saturated heterocycles.